The third-order valence-electron chi connectivity index (χ3n) is 2.99. The monoisotopic (exact) mass is 276 g/mol. The van der Waals surface area contributed by atoms with Gasteiger partial charge in [-0.1, -0.05) is 17.3 Å². The first kappa shape index (κ1) is 14.0. The molecule has 7 nitrogen and oxygen atoms in total. The number of phenols is 1. The van der Waals surface area contributed by atoms with E-state index in [2.05, 4.69) is 10.3 Å². The number of carbonyl (C=O) groups is 1. The predicted molar refractivity (Wildman–Crippen MR) is 70.8 cm³/mol. The van der Waals surface area contributed by atoms with Crippen LogP contribution in [0.2, 0.25) is 0 Å². The Hall–Kier alpha value is -2.41. The van der Waals surface area contributed by atoms with Gasteiger partial charge < -0.3 is 15.6 Å². The fourth-order valence-electron chi connectivity index (χ4n) is 1.93. The Kier molecular flexibility index (Phi) is 4.31. The topological polar surface area (TPSA) is 103 Å². The van der Waals surface area contributed by atoms with E-state index < -0.39 is 12.0 Å². The van der Waals surface area contributed by atoms with Crippen LogP contribution in [0.1, 0.15) is 17.3 Å². The smallest absolute Gasteiger partial charge is 0.331 e. The summed E-state index contributed by atoms with van der Waals surface area (Å²) in [4.78, 5) is 11.9. The van der Waals surface area contributed by atoms with E-state index in [0.29, 0.717) is 12.1 Å². The zero-order chi connectivity index (χ0) is 14.5. The number of hydrogen-bond acceptors (Lipinski definition) is 6. The van der Waals surface area contributed by atoms with Gasteiger partial charge >= 0.3 is 5.97 Å². The summed E-state index contributed by atoms with van der Waals surface area (Å²) in [5.41, 5.74) is 7.13. The lowest BCUT2D eigenvalue weighted by Gasteiger charge is -2.16. The summed E-state index contributed by atoms with van der Waals surface area (Å²) in [7, 11) is 1.32. The van der Waals surface area contributed by atoms with Crippen molar-refractivity contribution < 1.29 is 14.6 Å². The molecule has 1 aromatic heterocycles. The first-order valence-corrected chi connectivity index (χ1v) is 6.10. The van der Waals surface area contributed by atoms with Crippen molar-refractivity contribution in [3.63, 3.8) is 0 Å². The number of phenolic OH excluding ortho intramolecular Hbond substituents is 1. The summed E-state index contributed by atoms with van der Waals surface area (Å²) in [5.74, 6) is -0.245. The number of aromatic hydroxyl groups is 1. The Balaban J connectivity index is 2.29. The van der Waals surface area contributed by atoms with E-state index in [-0.39, 0.29) is 12.3 Å². The van der Waals surface area contributed by atoms with Gasteiger partial charge in [-0.15, -0.1) is 5.10 Å². The second-order valence-electron chi connectivity index (χ2n) is 4.28. The van der Waals surface area contributed by atoms with Crippen molar-refractivity contribution in [2.75, 3.05) is 7.11 Å². The number of hydrogen-bond donors (Lipinski definition) is 2. The minimum atomic E-state index is -0.634. The number of aromatic nitrogens is 3. The Morgan fingerprint density at radius 1 is 1.45 bits per heavy atom. The summed E-state index contributed by atoms with van der Waals surface area (Å²) in [5, 5.41) is 17.0. The molecule has 0 unspecified atom stereocenters. The third kappa shape index (κ3) is 2.94. The largest absolute Gasteiger partial charge is 0.508 e. The molecule has 1 atom stereocenters. The molecule has 2 aromatic rings. The van der Waals surface area contributed by atoms with Crippen LogP contribution >= 0.6 is 0 Å². The Labute approximate surface area is 116 Å². The maximum Gasteiger partial charge on any atom is 0.331 e. The number of esters is 1. The van der Waals surface area contributed by atoms with Crippen LogP contribution in [0, 0.1) is 0 Å². The average Bonchev–Trinajstić information content (AvgIpc) is 2.94. The Morgan fingerprint density at radius 2 is 2.15 bits per heavy atom. The van der Waals surface area contributed by atoms with Gasteiger partial charge in [0.1, 0.15) is 5.75 Å². The van der Waals surface area contributed by atoms with Gasteiger partial charge in [0.05, 0.1) is 19.0 Å². The number of benzene rings is 1. The summed E-state index contributed by atoms with van der Waals surface area (Å²) in [6.07, 6.45) is 1.90. The molecule has 1 heterocycles. The maximum absolute atomic E-state index is 11.9. The molecule has 2 rings (SSSR count). The normalized spacial score (nSPS) is 12.1. The van der Waals surface area contributed by atoms with Gasteiger partial charge in [-0.3, -0.25) is 0 Å². The molecular weight excluding hydrogens is 260 g/mol. The van der Waals surface area contributed by atoms with E-state index in [1.54, 1.807) is 24.3 Å². The van der Waals surface area contributed by atoms with Crippen molar-refractivity contribution in [3.8, 4) is 5.75 Å². The van der Waals surface area contributed by atoms with Crippen molar-refractivity contribution in [2.45, 2.75) is 19.0 Å². The zero-order valence-electron chi connectivity index (χ0n) is 11.1. The molecule has 7 heteroatoms. The molecule has 20 heavy (non-hydrogen) atoms. The van der Waals surface area contributed by atoms with E-state index in [0.717, 1.165) is 5.56 Å². The SMILES string of the molecule is COC(=O)[C@@H](Cc1ccc(O)cc1)n1nncc1CN. The second-order valence-corrected chi connectivity index (χ2v) is 4.28. The first-order valence-electron chi connectivity index (χ1n) is 6.10. The molecule has 3 N–H and O–H groups in total. The van der Waals surface area contributed by atoms with Crippen LogP contribution in [0.4, 0.5) is 0 Å². The number of nitrogens with two attached hydrogens (primary N) is 1. The summed E-state index contributed by atoms with van der Waals surface area (Å²) >= 11 is 0. The minimum absolute atomic E-state index is 0.173. The van der Waals surface area contributed by atoms with Crippen LogP contribution in [-0.2, 0) is 22.5 Å². The van der Waals surface area contributed by atoms with Crippen LogP contribution in [0.25, 0.3) is 0 Å². The molecule has 0 radical (unpaired) electrons. The van der Waals surface area contributed by atoms with Crippen LogP contribution in [0.3, 0.4) is 0 Å². The van der Waals surface area contributed by atoms with Gasteiger partial charge in [-0.25, -0.2) is 9.48 Å². The molecule has 0 aliphatic carbocycles. The van der Waals surface area contributed by atoms with E-state index in [1.807, 2.05) is 0 Å². The van der Waals surface area contributed by atoms with E-state index >= 15 is 0 Å². The highest BCUT2D eigenvalue weighted by Crippen LogP contribution is 2.19. The number of ether oxygens (including phenoxy) is 1. The lowest BCUT2D eigenvalue weighted by molar-refractivity contribution is -0.145. The van der Waals surface area contributed by atoms with Crippen molar-refractivity contribution in [1.29, 1.82) is 0 Å². The van der Waals surface area contributed by atoms with Gasteiger partial charge in [0.2, 0.25) is 0 Å². The lowest BCUT2D eigenvalue weighted by Crippen LogP contribution is -2.26. The number of carbonyl (C=O) groups excluding carboxylic acids is 1. The fraction of sp³-hybridized carbons (Fsp3) is 0.308. The first-order chi connectivity index (χ1) is 9.65. The molecule has 0 aliphatic heterocycles. The molecule has 0 amide bonds. The van der Waals surface area contributed by atoms with Crippen LogP contribution in [-0.4, -0.2) is 33.2 Å². The molecule has 0 bridgehead atoms. The van der Waals surface area contributed by atoms with Gasteiger partial charge in [-0.2, -0.15) is 0 Å². The zero-order valence-corrected chi connectivity index (χ0v) is 11.1. The van der Waals surface area contributed by atoms with Gasteiger partial charge in [0.15, 0.2) is 6.04 Å². The van der Waals surface area contributed by atoms with Crippen LogP contribution in [0.5, 0.6) is 5.75 Å². The van der Waals surface area contributed by atoms with Crippen molar-refractivity contribution in [3.05, 3.63) is 41.7 Å². The number of methoxy groups -OCH3 is 1. The molecule has 1 aromatic carbocycles. The molecule has 0 aliphatic rings. The summed E-state index contributed by atoms with van der Waals surface area (Å²) < 4.78 is 6.28. The van der Waals surface area contributed by atoms with Gasteiger partial charge in [0, 0.05) is 13.0 Å². The van der Waals surface area contributed by atoms with Crippen LogP contribution in [0.15, 0.2) is 30.5 Å². The van der Waals surface area contributed by atoms with Crippen molar-refractivity contribution in [2.24, 2.45) is 5.73 Å². The Bertz CT molecular complexity index is 580. The Morgan fingerprint density at radius 3 is 2.75 bits per heavy atom. The quantitative estimate of drug-likeness (QED) is 0.766. The predicted octanol–water partition coefficient (Wildman–Crippen LogP) is 0.399. The minimum Gasteiger partial charge on any atom is -0.508 e. The van der Waals surface area contributed by atoms with E-state index in [1.165, 1.54) is 18.0 Å². The van der Waals surface area contributed by atoms with Gasteiger partial charge in [-0.05, 0) is 17.7 Å². The highest BCUT2D eigenvalue weighted by Gasteiger charge is 2.24. The lowest BCUT2D eigenvalue weighted by atomic mass is 10.1. The number of rotatable bonds is 5. The van der Waals surface area contributed by atoms with Gasteiger partial charge in [0.25, 0.3) is 0 Å². The average molecular weight is 276 g/mol. The van der Waals surface area contributed by atoms with Crippen molar-refractivity contribution in [1.82, 2.24) is 15.0 Å². The molecule has 0 saturated heterocycles. The maximum atomic E-state index is 11.9. The second kappa shape index (κ2) is 6.16. The molecule has 0 spiro atoms. The fourth-order valence-corrected chi connectivity index (χ4v) is 1.93. The molecule has 0 fully saturated rings. The van der Waals surface area contributed by atoms with E-state index in [4.69, 9.17) is 10.5 Å². The molecular formula is C13H16N4O3. The van der Waals surface area contributed by atoms with Crippen LogP contribution < -0.4 is 5.73 Å². The summed E-state index contributed by atoms with van der Waals surface area (Å²) in [6.45, 7) is 0.232. The van der Waals surface area contributed by atoms with Crippen molar-refractivity contribution >= 4 is 5.97 Å². The highest BCUT2D eigenvalue weighted by molar-refractivity contribution is 5.74. The van der Waals surface area contributed by atoms with E-state index in [9.17, 15) is 9.90 Å². The highest BCUT2D eigenvalue weighted by atomic mass is 16.5. The third-order valence-corrected chi connectivity index (χ3v) is 2.99. The number of nitrogens with zero attached hydrogens (tertiary/aromatic N) is 3. The molecule has 0 saturated carbocycles. The molecule has 106 valence electrons. The standard InChI is InChI=1S/C13H16N4O3/c1-20-13(19)12(17-10(7-14)8-15-16-17)6-9-2-4-11(18)5-3-9/h2-5,8,12,18H,6-7,14H2,1H3/t12-/m1/s1. The summed E-state index contributed by atoms with van der Waals surface area (Å²) in [6, 6.07) is 5.98.